The smallest absolute Gasteiger partial charge is 0.238 e. The highest BCUT2D eigenvalue weighted by molar-refractivity contribution is 6.23. The van der Waals surface area contributed by atoms with Crippen molar-refractivity contribution < 1.29 is 14.3 Å². The van der Waals surface area contributed by atoms with Gasteiger partial charge >= 0.3 is 0 Å². The van der Waals surface area contributed by atoms with E-state index in [0.29, 0.717) is 12.3 Å². The topological polar surface area (TPSA) is 46.6 Å². The van der Waals surface area contributed by atoms with Crippen molar-refractivity contribution in [2.45, 2.75) is 38.0 Å². The van der Waals surface area contributed by atoms with Crippen LogP contribution in [-0.2, 0) is 9.59 Å². The van der Waals surface area contributed by atoms with Gasteiger partial charge in [0.15, 0.2) is 0 Å². The van der Waals surface area contributed by atoms with Crippen LogP contribution in [-0.4, -0.2) is 18.4 Å². The predicted octanol–water partition coefficient (Wildman–Crippen LogP) is 5.65. The molecule has 2 amide bonds. The van der Waals surface area contributed by atoms with Gasteiger partial charge in [0.05, 0.1) is 24.1 Å². The van der Waals surface area contributed by atoms with Crippen LogP contribution in [0.3, 0.4) is 0 Å². The van der Waals surface area contributed by atoms with E-state index >= 15 is 0 Å². The van der Waals surface area contributed by atoms with Crippen molar-refractivity contribution in [2.24, 2.45) is 11.8 Å². The molecule has 1 saturated heterocycles. The van der Waals surface area contributed by atoms with Crippen LogP contribution in [0, 0.1) is 11.8 Å². The van der Waals surface area contributed by atoms with Gasteiger partial charge in [0.2, 0.25) is 11.8 Å². The van der Waals surface area contributed by atoms with Gasteiger partial charge in [-0.25, -0.2) is 4.90 Å². The lowest BCUT2D eigenvalue weighted by Gasteiger charge is -2.45. The number of imide groups is 1. The van der Waals surface area contributed by atoms with E-state index in [1.54, 1.807) is 0 Å². The summed E-state index contributed by atoms with van der Waals surface area (Å²) < 4.78 is 5.81. The fourth-order valence-corrected chi connectivity index (χ4v) is 6.17. The lowest BCUT2D eigenvalue weighted by atomic mass is 9.55. The third-order valence-electron chi connectivity index (χ3n) is 7.56. The van der Waals surface area contributed by atoms with E-state index in [9.17, 15) is 9.59 Å². The standard InChI is InChI=1S/C29H27NO3/c1-2-3-8-17-33-19-15-13-18(14-16-19)30-28(31)26-24-20-9-4-5-10-21(20)25(27(26)29(30)32)23-12-7-6-11-22(23)24/h4-7,9-16,24-27H,2-3,8,17H2,1H3/t24?,25?,26-,27?/m1/s1. The number of hydrogen-bond acceptors (Lipinski definition) is 3. The number of rotatable bonds is 6. The van der Waals surface area contributed by atoms with Crippen LogP contribution >= 0.6 is 0 Å². The zero-order valence-corrected chi connectivity index (χ0v) is 18.7. The summed E-state index contributed by atoms with van der Waals surface area (Å²) in [6, 6.07) is 24.1. The lowest BCUT2D eigenvalue weighted by molar-refractivity contribution is -0.122. The summed E-state index contributed by atoms with van der Waals surface area (Å²) in [5.41, 5.74) is 5.41. The number of unbranched alkanes of at least 4 members (excludes halogenated alkanes) is 2. The second kappa shape index (κ2) is 7.87. The number of benzene rings is 3. The zero-order valence-electron chi connectivity index (χ0n) is 18.7. The van der Waals surface area contributed by atoms with Crippen LogP contribution < -0.4 is 9.64 Å². The number of carbonyl (C=O) groups excluding carboxylic acids is 2. The highest BCUT2D eigenvalue weighted by atomic mass is 16.5. The summed E-state index contributed by atoms with van der Waals surface area (Å²) in [5.74, 6) is -0.243. The molecule has 2 bridgehead atoms. The maximum atomic E-state index is 13.8. The number of hydrogen-bond donors (Lipinski definition) is 0. The molecule has 0 radical (unpaired) electrons. The van der Waals surface area contributed by atoms with Crippen LogP contribution in [0.4, 0.5) is 5.69 Å². The molecule has 0 N–H and O–H groups in total. The highest BCUT2D eigenvalue weighted by Gasteiger charge is 2.61. The third-order valence-corrected chi connectivity index (χ3v) is 7.56. The van der Waals surface area contributed by atoms with Gasteiger partial charge in [-0.15, -0.1) is 0 Å². The largest absolute Gasteiger partial charge is 0.494 e. The third kappa shape index (κ3) is 2.97. The SMILES string of the molecule is CCCCCOc1ccc(N2C(=O)C3C4c5ccccc5C(c5ccccc54)[C@H]3C2=O)cc1. The van der Waals surface area contributed by atoms with Crippen molar-refractivity contribution in [3.63, 3.8) is 0 Å². The van der Waals surface area contributed by atoms with Gasteiger partial charge in [0.1, 0.15) is 5.75 Å². The average Bonchev–Trinajstić information content (AvgIpc) is 3.13. The van der Waals surface area contributed by atoms with Crippen LogP contribution in [0.2, 0.25) is 0 Å². The van der Waals surface area contributed by atoms with Gasteiger partial charge in [-0.1, -0.05) is 68.3 Å². The minimum absolute atomic E-state index is 0.0741. The van der Waals surface area contributed by atoms with Gasteiger partial charge in [-0.2, -0.15) is 0 Å². The quantitative estimate of drug-likeness (QED) is 0.370. The fraction of sp³-hybridized carbons (Fsp3) is 0.310. The summed E-state index contributed by atoms with van der Waals surface area (Å²) in [4.78, 5) is 29.0. The molecule has 0 saturated carbocycles. The first-order valence-electron chi connectivity index (χ1n) is 12.0. The lowest BCUT2D eigenvalue weighted by Crippen LogP contribution is -2.41. The zero-order chi connectivity index (χ0) is 22.5. The molecule has 3 aromatic rings. The molecular weight excluding hydrogens is 410 g/mol. The number of ether oxygens (including phenoxy) is 1. The van der Waals surface area contributed by atoms with Crippen molar-refractivity contribution in [2.75, 3.05) is 11.5 Å². The molecule has 3 aromatic carbocycles. The molecule has 3 aliphatic carbocycles. The Morgan fingerprint density at radius 1 is 0.697 bits per heavy atom. The normalized spacial score (nSPS) is 24.5. The van der Waals surface area contributed by atoms with Crippen LogP contribution in [0.25, 0.3) is 0 Å². The minimum atomic E-state index is -0.350. The molecule has 7 rings (SSSR count). The molecular formula is C29H27NO3. The van der Waals surface area contributed by atoms with Gasteiger partial charge in [0.25, 0.3) is 0 Å². The highest BCUT2D eigenvalue weighted by Crippen LogP contribution is 2.61. The molecule has 2 atom stereocenters. The number of anilines is 1. The second-order valence-electron chi connectivity index (χ2n) is 9.33. The minimum Gasteiger partial charge on any atom is -0.494 e. The Balaban J connectivity index is 1.35. The molecule has 4 nitrogen and oxygen atoms in total. The molecule has 1 aliphatic heterocycles. The molecule has 166 valence electrons. The number of carbonyl (C=O) groups is 2. The summed E-state index contributed by atoms with van der Waals surface area (Å²) in [5, 5.41) is 0. The van der Waals surface area contributed by atoms with E-state index in [4.69, 9.17) is 4.74 Å². The van der Waals surface area contributed by atoms with Crippen molar-refractivity contribution in [3.8, 4) is 5.75 Å². The fourth-order valence-electron chi connectivity index (χ4n) is 6.17. The summed E-state index contributed by atoms with van der Waals surface area (Å²) in [7, 11) is 0. The Morgan fingerprint density at radius 2 is 1.18 bits per heavy atom. The number of amides is 2. The average molecular weight is 438 g/mol. The summed E-state index contributed by atoms with van der Waals surface area (Å²) in [6.07, 6.45) is 3.32. The van der Waals surface area contributed by atoms with Crippen molar-refractivity contribution in [1.82, 2.24) is 0 Å². The maximum Gasteiger partial charge on any atom is 0.238 e. The Bertz CT molecular complexity index is 1120. The Kier molecular flexibility index (Phi) is 4.83. The molecule has 1 heterocycles. The molecule has 33 heavy (non-hydrogen) atoms. The van der Waals surface area contributed by atoms with Crippen molar-refractivity contribution >= 4 is 17.5 Å². The van der Waals surface area contributed by atoms with Crippen molar-refractivity contribution in [3.05, 3.63) is 95.1 Å². The molecule has 0 aromatic heterocycles. The monoisotopic (exact) mass is 437 g/mol. The second-order valence-corrected chi connectivity index (χ2v) is 9.33. The maximum absolute atomic E-state index is 13.8. The van der Waals surface area contributed by atoms with Gasteiger partial charge in [-0.05, 0) is 52.9 Å². The van der Waals surface area contributed by atoms with Gasteiger partial charge in [-0.3, -0.25) is 9.59 Å². The van der Waals surface area contributed by atoms with Gasteiger partial charge < -0.3 is 4.74 Å². The van der Waals surface area contributed by atoms with Gasteiger partial charge in [0, 0.05) is 11.8 Å². The number of nitrogens with zero attached hydrogens (tertiary/aromatic N) is 1. The Morgan fingerprint density at radius 3 is 1.64 bits per heavy atom. The van der Waals surface area contributed by atoms with E-state index in [-0.39, 0.29) is 35.5 Å². The molecule has 1 unspecified atom stereocenters. The Hall–Kier alpha value is -3.40. The van der Waals surface area contributed by atoms with Crippen LogP contribution in [0.15, 0.2) is 72.8 Å². The molecule has 0 spiro atoms. The van der Waals surface area contributed by atoms with E-state index < -0.39 is 0 Å². The first-order chi connectivity index (χ1) is 16.2. The summed E-state index contributed by atoms with van der Waals surface area (Å²) >= 11 is 0. The molecule has 4 heteroatoms. The Labute approximate surface area is 194 Å². The van der Waals surface area contributed by atoms with E-state index in [1.807, 2.05) is 48.5 Å². The summed E-state index contributed by atoms with van der Waals surface area (Å²) in [6.45, 7) is 2.85. The van der Waals surface area contributed by atoms with Crippen LogP contribution in [0.1, 0.15) is 60.3 Å². The first-order valence-corrected chi connectivity index (χ1v) is 12.0. The molecule has 4 aliphatic rings. The van der Waals surface area contributed by atoms with Crippen LogP contribution in [0.5, 0.6) is 5.75 Å². The van der Waals surface area contributed by atoms with E-state index in [1.165, 1.54) is 27.2 Å². The predicted molar refractivity (Wildman–Crippen MR) is 128 cm³/mol. The first kappa shape index (κ1) is 20.2. The van der Waals surface area contributed by atoms with E-state index in [2.05, 4.69) is 31.2 Å². The van der Waals surface area contributed by atoms with E-state index in [0.717, 1.165) is 25.0 Å². The molecule has 1 fully saturated rings. The van der Waals surface area contributed by atoms with Crippen molar-refractivity contribution in [1.29, 1.82) is 0 Å².